The fourth-order valence-corrected chi connectivity index (χ4v) is 1.95. The van der Waals surface area contributed by atoms with Crippen molar-refractivity contribution in [1.29, 1.82) is 0 Å². The lowest BCUT2D eigenvalue weighted by molar-refractivity contribution is 0.562. The van der Waals surface area contributed by atoms with Gasteiger partial charge in [0.05, 0.1) is 4.47 Å². The molecule has 0 fully saturated rings. The number of benzene rings is 1. The van der Waals surface area contributed by atoms with Gasteiger partial charge in [0, 0.05) is 18.2 Å². The highest BCUT2D eigenvalue weighted by molar-refractivity contribution is 9.10. The first-order chi connectivity index (χ1) is 8.58. The summed E-state index contributed by atoms with van der Waals surface area (Å²) in [5.74, 6) is 0.379. The van der Waals surface area contributed by atoms with Crippen LogP contribution in [0.15, 0.2) is 33.5 Å². The van der Waals surface area contributed by atoms with Crippen LogP contribution in [0.2, 0.25) is 0 Å². The molecular formula is C13H14BrFN2O. The third-order valence-electron chi connectivity index (χ3n) is 2.50. The molecule has 0 aliphatic rings. The molecule has 0 radical (unpaired) electrons. The summed E-state index contributed by atoms with van der Waals surface area (Å²) in [7, 11) is 0. The summed E-state index contributed by atoms with van der Waals surface area (Å²) in [6, 6.07) is 5.14. The Morgan fingerprint density at radius 2 is 2.22 bits per heavy atom. The Hall–Kier alpha value is -1.20. The lowest BCUT2D eigenvalue weighted by atomic mass is 10.1. The zero-order valence-electron chi connectivity index (χ0n) is 10.2. The third-order valence-corrected chi connectivity index (χ3v) is 3.11. The molecule has 0 aliphatic heterocycles. The van der Waals surface area contributed by atoms with Gasteiger partial charge in [-0.15, -0.1) is 0 Å². The standard InChI is InChI=1S/C13H14BrFN2O/c1-8(2)16-6-12-13(18-7-17-12)9-3-4-11(15)10(14)5-9/h3-5,7-8,16H,6H2,1-2H3. The molecule has 5 heteroatoms. The summed E-state index contributed by atoms with van der Waals surface area (Å²) >= 11 is 3.17. The molecule has 2 rings (SSSR count). The van der Waals surface area contributed by atoms with E-state index < -0.39 is 0 Å². The Morgan fingerprint density at radius 1 is 1.44 bits per heavy atom. The van der Waals surface area contributed by atoms with Gasteiger partial charge in [-0.2, -0.15) is 0 Å². The lowest BCUT2D eigenvalue weighted by Gasteiger charge is -2.07. The van der Waals surface area contributed by atoms with Gasteiger partial charge in [0.2, 0.25) is 0 Å². The second-order valence-corrected chi connectivity index (χ2v) is 5.15. The van der Waals surface area contributed by atoms with E-state index in [-0.39, 0.29) is 5.82 Å². The van der Waals surface area contributed by atoms with Crippen molar-refractivity contribution in [2.45, 2.75) is 26.4 Å². The first-order valence-electron chi connectivity index (χ1n) is 5.69. The van der Waals surface area contributed by atoms with E-state index in [1.807, 2.05) is 0 Å². The molecule has 0 saturated heterocycles. The Kier molecular flexibility index (Phi) is 4.14. The molecular weight excluding hydrogens is 299 g/mol. The maximum Gasteiger partial charge on any atom is 0.181 e. The Balaban J connectivity index is 2.27. The van der Waals surface area contributed by atoms with Gasteiger partial charge in [0.1, 0.15) is 11.5 Å². The van der Waals surface area contributed by atoms with Gasteiger partial charge in [-0.3, -0.25) is 0 Å². The summed E-state index contributed by atoms with van der Waals surface area (Å²) in [4.78, 5) is 4.18. The van der Waals surface area contributed by atoms with Gasteiger partial charge in [0.25, 0.3) is 0 Å². The summed E-state index contributed by atoms with van der Waals surface area (Å²) in [5, 5.41) is 3.28. The highest BCUT2D eigenvalue weighted by Gasteiger charge is 2.12. The second-order valence-electron chi connectivity index (χ2n) is 4.29. The second kappa shape index (κ2) is 5.63. The van der Waals surface area contributed by atoms with Crippen molar-refractivity contribution in [3.8, 4) is 11.3 Å². The Bertz CT molecular complexity index is 540. The van der Waals surface area contributed by atoms with Crippen LogP contribution in [-0.2, 0) is 6.54 Å². The number of halogens is 2. The van der Waals surface area contributed by atoms with Gasteiger partial charge >= 0.3 is 0 Å². The van der Waals surface area contributed by atoms with Crippen molar-refractivity contribution in [3.05, 3.63) is 40.6 Å². The van der Waals surface area contributed by atoms with Crippen LogP contribution in [0.4, 0.5) is 4.39 Å². The summed E-state index contributed by atoms with van der Waals surface area (Å²) in [6.07, 6.45) is 1.41. The monoisotopic (exact) mass is 312 g/mol. The number of nitrogens with one attached hydrogen (secondary N) is 1. The molecule has 0 bridgehead atoms. The zero-order valence-corrected chi connectivity index (χ0v) is 11.8. The fourth-order valence-electron chi connectivity index (χ4n) is 1.57. The summed E-state index contributed by atoms with van der Waals surface area (Å²) < 4.78 is 19.0. The van der Waals surface area contributed by atoms with Crippen molar-refractivity contribution < 1.29 is 8.81 Å². The number of nitrogens with zero attached hydrogens (tertiary/aromatic N) is 1. The Morgan fingerprint density at radius 3 is 2.89 bits per heavy atom. The molecule has 96 valence electrons. The minimum absolute atomic E-state index is 0.292. The number of rotatable bonds is 4. The normalized spacial score (nSPS) is 11.2. The molecule has 2 aromatic rings. The van der Waals surface area contributed by atoms with Gasteiger partial charge in [-0.25, -0.2) is 9.37 Å². The first kappa shape index (κ1) is 13.2. The van der Waals surface area contributed by atoms with Crippen molar-refractivity contribution in [2.24, 2.45) is 0 Å². The minimum Gasteiger partial charge on any atom is -0.443 e. The van der Waals surface area contributed by atoms with E-state index in [9.17, 15) is 4.39 Å². The topological polar surface area (TPSA) is 38.1 Å². The summed E-state index contributed by atoms with van der Waals surface area (Å²) in [6.45, 7) is 4.75. The Labute approximate surface area is 114 Å². The maximum absolute atomic E-state index is 13.2. The van der Waals surface area contributed by atoms with Gasteiger partial charge in [-0.05, 0) is 34.1 Å². The van der Waals surface area contributed by atoms with Crippen LogP contribution in [0.3, 0.4) is 0 Å². The van der Waals surface area contributed by atoms with Crippen LogP contribution in [0.25, 0.3) is 11.3 Å². The maximum atomic E-state index is 13.2. The van der Waals surface area contributed by atoms with E-state index in [1.165, 1.54) is 12.5 Å². The van der Waals surface area contributed by atoms with Gasteiger partial charge in [0.15, 0.2) is 12.2 Å². The first-order valence-corrected chi connectivity index (χ1v) is 6.48. The molecule has 1 aromatic carbocycles. The number of hydrogen-bond acceptors (Lipinski definition) is 3. The van der Waals surface area contributed by atoms with E-state index in [4.69, 9.17) is 4.42 Å². The predicted molar refractivity (Wildman–Crippen MR) is 71.6 cm³/mol. The molecule has 1 aromatic heterocycles. The summed E-state index contributed by atoms with van der Waals surface area (Å²) in [5.41, 5.74) is 1.63. The van der Waals surface area contributed by atoms with E-state index in [0.717, 1.165) is 11.3 Å². The van der Waals surface area contributed by atoms with E-state index in [2.05, 4.69) is 40.1 Å². The van der Waals surface area contributed by atoms with Crippen LogP contribution in [-0.4, -0.2) is 11.0 Å². The molecule has 1 heterocycles. The highest BCUT2D eigenvalue weighted by atomic mass is 79.9. The molecule has 0 amide bonds. The third kappa shape index (κ3) is 2.97. The van der Waals surface area contributed by atoms with Crippen LogP contribution in [0, 0.1) is 5.82 Å². The minimum atomic E-state index is -0.292. The lowest BCUT2D eigenvalue weighted by Crippen LogP contribution is -2.22. The molecule has 18 heavy (non-hydrogen) atoms. The number of hydrogen-bond donors (Lipinski definition) is 1. The van der Waals surface area contributed by atoms with Crippen molar-refractivity contribution >= 4 is 15.9 Å². The van der Waals surface area contributed by atoms with Crippen LogP contribution >= 0.6 is 15.9 Å². The SMILES string of the molecule is CC(C)NCc1ncoc1-c1ccc(F)c(Br)c1. The van der Waals surface area contributed by atoms with Crippen LogP contribution in [0.1, 0.15) is 19.5 Å². The van der Waals surface area contributed by atoms with Crippen LogP contribution in [0.5, 0.6) is 0 Å². The smallest absolute Gasteiger partial charge is 0.181 e. The van der Waals surface area contributed by atoms with E-state index >= 15 is 0 Å². The van der Waals surface area contributed by atoms with Gasteiger partial charge in [-0.1, -0.05) is 13.8 Å². The number of aromatic nitrogens is 1. The molecule has 3 nitrogen and oxygen atoms in total. The molecule has 1 N–H and O–H groups in total. The predicted octanol–water partition coefficient (Wildman–Crippen LogP) is 3.74. The highest BCUT2D eigenvalue weighted by Crippen LogP contribution is 2.27. The molecule has 0 aliphatic carbocycles. The fraction of sp³-hybridized carbons (Fsp3) is 0.308. The van der Waals surface area contributed by atoms with E-state index in [0.29, 0.717) is 22.8 Å². The molecule has 0 atom stereocenters. The average Bonchev–Trinajstić information content (AvgIpc) is 2.78. The number of oxazole rings is 1. The molecule has 0 spiro atoms. The van der Waals surface area contributed by atoms with Gasteiger partial charge < -0.3 is 9.73 Å². The van der Waals surface area contributed by atoms with Crippen molar-refractivity contribution in [1.82, 2.24) is 10.3 Å². The van der Waals surface area contributed by atoms with Crippen LogP contribution < -0.4 is 5.32 Å². The largest absolute Gasteiger partial charge is 0.443 e. The van der Waals surface area contributed by atoms with Crippen molar-refractivity contribution in [3.63, 3.8) is 0 Å². The zero-order chi connectivity index (χ0) is 13.1. The average molecular weight is 313 g/mol. The quantitative estimate of drug-likeness (QED) is 0.934. The van der Waals surface area contributed by atoms with Crippen molar-refractivity contribution in [2.75, 3.05) is 0 Å². The molecule has 0 saturated carbocycles. The molecule has 0 unspecified atom stereocenters. The van der Waals surface area contributed by atoms with E-state index in [1.54, 1.807) is 12.1 Å².